The van der Waals surface area contributed by atoms with Gasteiger partial charge in [0.15, 0.2) is 5.37 Å². The average Bonchev–Trinajstić information content (AvgIpc) is 2.87. The number of carboxylic acid groups (broad SMARTS) is 1. The second kappa shape index (κ2) is 5.93. The Kier molecular flexibility index (Phi) is 4.28. The molecule has 2 rings (SSSR count). The highest BCUT2D eigenvalue weighted by atomic mass is 32.2. The minimum absolute atomic E-state index is 0.126. The average molecular weight is 265 g/mol. The van der Waals surface area contributed by atoms with E-state index in [1.165, 1.54) is 0 Å². The molecule has 0 radical (unpaired) electrons. The summed E-state index contributed by atoms with van der Waals surface area (Å²) >= 11 is 1.62. The first kappa shape index (κ1) is 13.0. The predicted octanol–water partition coefficient (Wildman–Crippen LogP) is -0.321. The zero-order valence-electron chi connectivity index (χ0n) is 9.87. The van der Waals surface area contributed by atoms with Crippen molar-refractivity contribution in [1.82, 2.24) is 0 Å². The van der Waals surface area contributed by atoms with E-state index in [-0.39, 0.29) is 5.37 Å². The van der Waals surface area contributed by atoms with Crippen molar-refractivity contribution in [2.45, 2.75) is 11.4 Å². The fraction of sp³-hybridized carbons (Fsp3) is 0.308. The third-order valence-corrected chi connectivity index (χ3v) is 4.08. The van der Waals surface area contributed by atoms with Crippen LogP contribution in [0.1, 0.15) is 10.9 Å². The summed E-state index contributed by atoms with van der Waals surface area (Å²) in [5.41, 5.74) is 1.09. The molecule has 0 amide bonds. The Labute approximate surface area is 110 Å². The molecule has 2 atom stereocenters. The van der Waals surface area contributed by atoms with Crippen LogP contribution in [0, 0.1) is 0 Å². The number of carboxylic acids is 1. The number of thioether (sulfide) groups is 1. The van der Waals surface area contributed by atoms with Crippen LogP contribution in [-0.2, 0) is 4.79 Å². The Morgan fingerprint density at radius 3 is 2.83 bits per heavy atom. The molecule has 2 N–H and O–H groups in total. The molecule has 0 bridgehead atoms. The number of rotatable bonds is 5. The maximum atomic E-state index is 10.8. The van der Waals surface area contributed by atoms with Crippen LogP contribution in [0.3, 0.4) is 0 Å². The lowest BCUT2D eigenvalue weighted by molar-refractivity contribution is -0.690. The van der Waals surface area contributed by atoms with E-state index in [0.29, 0.717) is 12.4 Å². The molecule has 1 aliphatic heterocycles. The van der Waals surface area contributed by atoms with E-state index in [2.05, 4.69) is 6.58 Å². The first-order valence-electron chi connectivity index (χ1n) is 5.72. The van der Waals surface area contributed by atoms with E-state index in [1.54, 1.807) is 17.8 Å². The molecule has 18 heavy (non-hydrogen) atoms. The van der Waals surface area contributed by atoms with Gasteiger partial charge in [0.05, 0.1) is 5.75 Å². The van der Waals surface area contributed by atoms with Gasteiger partial charge < -0.3 is 20.0 Å². The van der Waals surface area contributed by atoms with Crippen LogP contribution in [0.2, 0.25) is 0 Å². The summed E-state index contributed by atoms with van der Waals surface area (Å²) in [5, 5.41) is 12.7. The number of quaternary nitrogens is 1. The van der Waals surface area contributed by atoms with Crippen LogP contribution in [0.5, 0.6) is 5.75 Å². The molecule has 0 spiro atoms. The van der Waals surface area contributed by atoms with Crippen LogP contribution in [-0.4, -0.2) is 24.4 Å². The Balaban J connectivity index is 1.98. The van der Waals surface area contributed by atoms with E-state index in [0.717, 1.165) is 11.3 Å². The molecule has 96 valence electrons. The van der Waals surface area contributed by atoms with E-state index < -0.39 is 12.0 Å². The molecule has 1 fully saturated rings. The van der Waals surface area contributed by atoms with Crippen LogP contribution >= 0.6 is 11.8 Å². The van der Waals surface area contributed by atoms with Crippen molar-refractivity contribution in [1.29, 1.82) is 0 Å². The summed E-state index contributed by atoms with van der Waals surface area (Å²) in [4.78, 5) is 10.8. The van der Waals surface area contributed by atoms with Gasteiger partial charge in [-0.05, 0) is 24.3 Å². The highest BCUT2D eigenvalue weighted by Gasteiger charge is 2.30. The van der Waals surface area contributed by atoms with Crippen LogP contribution in [0.25, 0.3) is 0 Å². The summed E-state index contributed by atoms with van der Waals surface area (Å²) in [5.74, 6) is 0.385. The van der Waals surface area contributed by atoms with E-state index in [9.17, 15) is 9.90 Å². The molecule has 5 heteroatoms. The van der Waals surface area contributed by atoms with Gasteiger partial charge >= 0.3 is 0 Å². The van der Waals surface area contributed by atoms with Gasteiger partial charge in [0.2, 0.25) is 0 Å². The molecule has 0 aromatic heterocycles. The molecular formula is C13H15NO3S. The highest BCUT2D eigenvalue weighted by molar-refractivity contribution is 7.99. The number of hydrogen-bond donors (Lipinski definition) is 1. The number of carbonyl (C=O) groups excluding carboxylic acids is 1. The smallest absolute Gasteiger partial charge is 0.159 e. The van der Waals surface area contributed by atoms with Gasteiger partial charge in [0.25, 0.3) is 0 Å². The second-order valence-corrected chi connectivity index (χ2v) is 5.22. The first-order chi connectivity index (χ1) is 8.70. The van der Waals surface area contributed by atoms with Crippen molar-refractivity contribution in [3.8, 4) is 5.75 Å². The first-order valence-corrected chi connectivity index (χ1v) is 6.76. The SMILES string of the molecule is C=CCOc1ccc([C@H]2[NH2+][C@@H](C(=O)[O-])CS2)cc1. The number of ether oxygens (including phenoxy) is 1. The largest absolute Gasteiger partial charge is 0.544 e. The molecule has 4 nitrogen and oxygen atoms in total. The second-order valence-electron chi connectivity index (χ2n) is 4.04. The minimum Gasteiger partial charge on any atom is -0.544 e. The maximum absolute atomic E-state index is 10.8. The van der Waals surface area contributed by atoms with E-state index in [1.807, 2.05) is 29.6 Å². The van der Waals surface area contributed by atoms with Crippen molar-refractivity contribution >= 4 is 17.7 Å². The van der Waals surface area contributed by atoms with Crippen LogP contribution in [0.15, 0.2) is 36.9 Å². The molecule has 0 saturated carbocycles. The fourth-order valence-electron chi connectivity index (χ4n) is 1.79. The van der Waals surface area contributed by atoms with Gasteiger partial charge in [-0.15, -0.1) is 0 Å². The molecule has 1 saturated heterocycles. The lowest BCUT2D eigenvalue weighted by Crippen LogP contribution is -2.90. The Bertz CT molecular complexity index is 432. The maximum Gasteiger partial charge on any atom is 0.159 e. The summed E-state index contributed by atoms with van der Waals surface area (Å²) in [7, 11) is 0. The number of benzene rings is 1. The predicted molar refractivity (Wildman–Crippen MR) is 68.1 cm³/mol. The summed E-state index contributed by atoms with van der Waals surface area (Å²) in [6.07, 6.45) is 1.69. The van der Waals surface area contributed by atoms with Crippen molar-refractivity contribution in [2.24, 2.45) is 0 Å². The molecule has 1 aromatic rings. The standard InChI is InChI=1S/C13H15NO3S/c1-2-7-17-10-5-3-9(4-6-10)12-14-11(8-18-12)13(15)16/h2-6,11-12,14H,1,7-8H2,(H,15,16)/t11-,12+/m1/s1. The summed E-state index contributed by atoms with van der Waals surface area (Å²) in [6.45, 7) is 4.07. The van der Waals surface area contributed by atoms with Crippen molar-refractivity contribution < 1.29 is 20.0 Å². The van der Waals surface area contributed by atoms with Crippen LogP contribution in [0.4, 0.5) is 0 Å². The minimum atomic E-state index is -0.990. The molecule has 1 aliphatic rings. The fourth-order valence-corrected chi connectivity index (χ4v) is 3.10. The van der Waals surface area contributed by atoms with Crippen molar-refractivity contribution in [2.75, 3.05) is 12.4 Å². The highest BCUT2D eigenvalue weighted by Crippen LogP contribution is 2.27. The van der Waals surface area contributed by atoms with Gasteiger partial charge in [-0.2, -0.15) is 0 Å². The van der Waals surface area contributed by atoms with Crippen molar-refractivity contribution in [3.05, 3.63) is 42.5 Å². The van der Waals surface area contributed by atoms with E-state index in [4.69, 9.17) is 4.74 Å². The Morgan fingerprint density at radius 2 is 2.28 bits per heavy atom. The molecule has 0 aliphatic carbocycles. The Morgan fingerprint density at radius 1 is 1.56 bits per heavy atom. The number of carbonyl (C=O) groups is 1. The molecular weight excluding hydrogens is 250 g/mol. The molecule has 0 unspecified atom stereocenters. The number of aliphatic carboxylic acids is 1. The number of nitrogens with two attached hydrogens (primary N) is 1. The lowest BCUT2D eigenvalue weighted by Gasteiger charge is -2.11. The zero-order chi connectivity index (χ0) is 13.0. The van der Waals surface area contributed by atoms with Gasteiger partial charge in [-0.1, -0.05) is 24.4 Å². The third kappa shape index (κ3) is 3.05. The number of hydrogen-bond acceptors (Lipinski definition) is 4. The molecule has 1 heterocycles. The lowest BCUT2D eigenvalue weighted by atomic mass is 10.2. The summed E-state index contributed by atoms with van der Waals surface area (Å²) < 4.78 is 5.39. The quantitative estimate of drug-likeness (QED) is 0.741. The topological polar surface area (TPSA) is 66.0 Å². The molecule has 1 aromatic carbocycles. The zero-order valence-corrected chi connectivity index (χ0v) is 10.7. The van der Waals surface area contributed by atoms with Crippen molar-refractivity contribution in [3.63, 3.8) is 0 Å². The van der Waals surface area contributed by atoms with Gasteiger partial charge in [0.1, 0.15) is 24.4 Å². The summed E-state index contributed by atoms with van der Waals surface area (Å²) in [6, 6.07) is 7.25. The monoisotopic (exact) mass is 265 g/mol. The van der Waals surface area contributed by atoms with Gasteiger partial charge in [0, 0.05) is 5.56 Å². The Hall–Kier alpha value is -1.46. The van der Waals surface area contributed by atoms with E-state index >= 15 is 0 Å². The van der Waals surface area contributed by atoms with Gasteiger partial charge in [-0.25, -0.2) is 0 Å². The van der Waals surface area contributed by atoms with Crippen LogP contribution < -0.4 is 15.2 Å². The third-order valence-electron chi connectivity index (χ3n) is 2.74. The normalized spacial score (nSPS) is 22.7. The van der Waals surface area contributed by atoms with Gasteiger partial charge in [-0.3, -0.25) is 0 Å².